The summed E-state index contributed by atoms with van der Waals surface area (Å²) in [6, 6.07) is 0. The molecule has 5 heteroatoms. The molecule has 0 aromatic rings. The van der Waals surface area contributed by atoms with Crippen LogP contribution in [0.5, 0.6) is 0 Å². The van der Waals surface area contributed by atoms with Gasteiger partial charge in [0.1, 0.15) is 5.60 Å². The van der Waals surface area contributed by atoms with Crippen molar-refractivity contribution in [3.05, 3.63) is 12.2 Å². The number of phosphoric acid groups is 1. The Hall–Kier alpha value is -0.590. The van der Waals surface area contributed by atoms with E-state index in [1.807, 2.05) is 6.92 Å². The molecular weight excluding hydrogens is 227 g/mol. The van der Waals surface area contributed by atoms with E-state index in [2.05, 4.69) is 5.92 Å². The first-order chi connectivity index (χ1) is 7.39. The van der Waals surface area contributed by atoms with Crippen molar-refractivity contribution in [3.8, 4) is 12.3 Å². The van der Waals surface area contributed by atoms with Gasteiger partial charge in [0.15, 0.2) is 0 Å². The highest BCUT2D eigenvalue weighted by Gasteiger charge is 2.33. The molecular formula is C11H19O4P. The number of terminal acetylenes is 1. The summed E-state index contributed by atoms with van der Waals surface area (Å²) in [5.41, 5.74) is -0.985. The van der Waals surface area contributed by atoms with Crippen molar-refractivity contribution in [1.82, 2.24) is 0 Å². The number of phosphoric ester groups is 1. The molecule has 0 radical (unpaired) electrons. The van der Waals surface area contributed by atoms with Gasteiger partial charge in [-0.05, 0) is 27.7 Å². The van der Waals surface area contributed by atoms with E-state index in [1.54, 1.807) is 32.9 Å². The Kier molecular flexibility index (Phi) is 6.62. The third-order valence-corrected chi connectivity index (χ3v) is 3.26. The summed E-state index contributed by atoms with van der Waals surface area (Å²) in [6.07, 6.45) is 8.73. The molecule has 0 N–H and O–H groups in total. The van der Waals surface area contributed by atoms with E-state index in [-0.39, 0.29) is 13.2 Å². The van der Waals surface area contributed by atoms with Gasteiger partial charge in [0, 0.05) is 0 Å². The third kappa shape index (κ3) is 6.09. The van der Waals surface area contributed by atoms with Crippen LogP contribution in [-0.4, -0.2) is 18.8 Å². The molecule has 0 rings (SSSR count). The van der Waals surface area contributed by atoms with E-state index in [0.29, 0.717) is 0 Å². The van der Waals surface area contributed by atoms with Crippen LogP contribution in [0.25, 0.3) is 0 Å². The standard InChI is InChI=1S/C11H19O4P/c1-6-9-10-14-16(12,13-8-3)15-11(4,5)7-2/h2,6,9H,8,10H2,1,3-5H3. The molecule has 4 nitrogen and oxygen atoms in total. The monoisotopic (exact) mass is 246 g/mol. The predicted molar refractivity (Wildman–Crippen MR) is 64.0 cm³/mol. The van der Waals surface area contributed by atoms with Crippen molar-refractivity contribution >= 4 is 7.82 Å². The predicted octanol–water partition coefficient (Wildman–Crippen LogP) is 3.15. The normalized spacial score (nSPS) is 15.9. The van der Waals surface area contributed by atoms with Crippen LogP contribution in [0.15, 0.2) is 12.2 Å². The van der Waals surface area contributed by atoms with Crippen molar-refractivity contribution in [1.29, 1.82) is 0 Å². The van der Waals surface area contributed by atoms with Crippen molar-refractivity contribution in [3.63, 3.8) is 0 Å². The molecule has 0 amide bonds. The van der Waals surface area contributed by atoms with E-state index in [9.17, 15) is 4.57 Å². The molecule has 0 saturated carbocycles. The van der Waals surface area contributed by atoms with Gasteiger partial charge in [0.2, 0.25) is 0 Å². The first-order valence-electron chi connectivity index (χ1n) is 5.08. The summed E-state index contributed by atoms with van der Waals surface area (Å²) >= 11 is 0. The minimum Gasteiger partial charge on any atom is -0.287 e. The van der Waals surface area contributed by atoms with Gasteiger partial charge in [-0.15, -0.1) is 6.42 Å². The molecule has 92 valence electrons. The van der Waals surface area contributed by atoms with Crippen molar-refractivity contribution < 1.29 is 18.1 Å². The summed E-state index contributed by atoms with van der Waals surface area (Å²) in [6.45, 7) is 7.18. The van der Waals surface area contributed by atoms with E-state index < -0.39 is 13.4 Å². The molecule has 0 aliphatic heterocycles. The van der Waals surface area contributed by atoms with Crippen molar-refractivity contribution in [2.75, 3.05) is 13.2 Å². The number of hydrogen-bond donors (Lipinski definition) is 0. The van der Waals surface area contributed by atoms with E-state index in [1.165, 1.54) is 0 Å². The second kappa shape index (κ2) is 6.88. The highest BCUT2D eigenvalue weighted by Crippen LogP contribution is 2.52. The Bertz CT molecular complexity index is 314. The average molecular weight is 246 g/mol. The van der Waals surface area contributed by atoms with Crippen molar-refractivity contribution in [2.45, 2.75) is 33.3 Å². The lowest BCUT2D eigenvalue weighted by Gasteiger charge is -2.24. The lowest BCUT2D eigenvalue weighted by molar-refractivity contribution is 0.0709. The maximum Gasteiger partial charge on any atom is 0.476 e. The number of hydrogen-bond acceptors (Lipinski definition) is 4. The van der Waals surface area contributed by atoms with Gasteiger partial charge < -0.3 is 0 Å². The minimum absolute atomic E-state index is 0.161. The van der Waals surface area contributed by atoms with Gasteiger partial charge in [-0.25, -0.2) is 4.57 Å². The van der Waals surface area contributed by atoms with Crippen LogP contribution in [0.3, 0.4) is 0 Å². The molecule has 0 bridgehead atoms. The average Bonchev–Trinajstić information content (AvgIpc) is 2.17. The smallest absolute Gasteiger partial charge is 0.287 e. The molecule has 0 aliphatic carbocycles. The number of rotatable bonds is 7. The lowest BCUT2D eigenvalue weighted by atomic mass is 10.2. The highest BCUT2D eigenvalue weighted by atomic mass is 31.2. The fraction of sp³-hybridized carbons (Fsp3) is 0.636. The molecule has 0 aliphatic rings. The van der Waals surface area contributed by atoms with Crippen LogP contribution in [0.4, 0.5) is 0 Å². The van der Waals surface area contributed by atoms with Crippen LogP contribution < -0.4 is 0 Å². The summed E-state index contributed by atoms with van der Waals surface area (Å²) < 4.78 is 27.3. The Morgan fingerprint density at radius 2 is 2.06 bits per heavy atom. The summed E-state index contributed by atoms with van der Waals surface area (Å²) in [5, 5.41) is 0. The molecule has 0 aromatic heterocycles. The van der Waals surface area contributed by atoms with Gasteiger partial charge in [0.05, 0.1) is 13.2 Å². The Labute approximate surface area is 97.6 Å². The first kappa shape index (κ1) is 15.4. The SMILES string of the molecule is C#CC(C)(C)OP(=O)(OCC)OCC=CC. The number of allylic oxidation sites excluding steroid dienone is 1. The van der Waals surface area contributed by atoms with Crippen LogP contribution in [-0.2, 0) is 18.1 Å². The van der Waals surface area contributed by atoms with E-state index >= 15 is 0 Å². The molecule has 0 fully saturated rings. The van der Waals surface area contributed by atoms with Gasteiger partial charge in [-0.3, -0.25) is 13.6 Å². The zero-order valence-electron chi connectivity index (χ0n) is 10.2. The second-order valence-corrected chi connectivity index (χ2v) is 5.07. The summed E-state index contributed by atoms with van der Waals surface area (Å²) in [5.74, 6) is 2.37. The maximum atomic E-state index is 12.1. The van der Waals surface area contributed by atoms with Gasteiger partial charge >= 0.3 is 7.82 Å². The molecule has 0 spiro atoms. The maximum absolute atomic E-state index is 12.1. The summed E-state index contributed by atoms with van der Waals surface area (Å²) in [7, 11) is -3.58. The summed E-state index contributed by atoms with van der Waals surface area (Å²) in [4.78, 5) is 0. The van der Waals surface area contributed by atoms with Crippen molar-refractivity contribution in [2.24, 2.45) is 0 Å². The van der Waals surface area contributed by atoms with Gasteiger partial charge in [-0.1, -0.05) is 18.1 Å². The minimum atomic E-state index is -3.58. The third-order valence-electron chi connectivity index (χ3n) is 1.54. The topological polar surface area (TPSA) is 44.8 Å². The fourth-order valence-corrected chi connectivity index (χ4v) is 2.16. The Morgan fingerprint density at radius 3 is 2.50 bits per heavy atom. The quantitative estimate of drug-likeness (QED) is 0.393. The molecule has 0 aromatic carbocycles. The second-order valence-electron chi connectivity index (χ2n) is 3.48. The largest absolute Gasteiger partial charge is 0.476 e. The van der Waals surface area contributed by atoms with E-state index in [0.717, 1.165) is 0 Å². The van der Waals surface area contributed by atoms with Crippen LogP contribution in [0, 0.1) is 12.3 Å². The zero-order valence-corrected chi connectivity index (χ0v) is 11.1. The van der Waals surface area contributed by atoms with Crippen LogP contribution >= 0.6 is 7.82 Å². The van der Waals surface area contributed by atoms with Gasteiger partial charge in [-0.2, -0.15) is 0 Å². The van der Waals surface area contributed by atoms with E-state index in [4.69, 9.17) is 20.0 Å². The van der Waals surface area contributed by atoms with Crippen LogP contribution in [0.2, 0.25) is 0 Å². The Balaban J connectivity index is 4.58. The fourth-order valence-electron chi connectivity index (χ4n) is 0.784. The lowest BCUT2D eigenvalue weighted by Crippen LogP contribution is -2.21. The molecule has 1 atom stereocenters. The Morgan fingerprint density at radius 1 is 1.44 bits per heavy atom. The molecule has 0 saturated heterocycles. The zero-order chi connectivity index (χ0) is 12.7. The molecule has 1 unspecified atom stereocenters. The molecule has 16 heavy (non-hydrogen) atoms. The van der Waals surface area contributed by atoms with Crippen LogP contribution in [0.1, 0.15) is 27.7 Å². The first-order valence-corrected chi connectivity index (χ1v) is 6.54. The molecule has 0 heterocycles. The van der Waals surface area contributed by atoms with Gasteiger partial charge in [0.25, 0.3) is 0 Å². The highest BCUT2D eigenvalue weighted by molar-refractivity contribution is 7.48.